The quantitative estimate of drug-likeness (QED) is 0.493. The maximum atomic E-state index is 7.42. The van der Waals surface area contributed by atoms with Crippen molar-refractivity contribution in [1.29, 1.82) is 5.41 Å². The molecule has 0 saturated carbocycles. The summed E-state index contributed by atoms with van der Waals surface area (Å²) in [6.45, 7) is 2.13. The van der Waals surface area contributed by atoms with E-state index in [0.717, 1.165) is 12.8 Å². The maximum absolute atomic E-state index is 7.42. The molecule has 1 aromatic rings. The molecule has 0 amide bonds. The van der Waals surface area contributed by atoms with Crippen molar-refractivity contribution in [3.63, 3.8) is 0 Å². The summed E-state index contributed by atoms with van der Waals surface area (Å²) in [5.74, 6) is 0.576. The zero-order valence-corrected chi connectivity index (χ0v) is 7.80. The number of hydrogen-bond acceptors (Lipinski definition) is 1. The fourth-order valence-corrected chi connectivity index (χ4v) is 2.05. The fraction of sp³-hybridized carbons (Fsp3) is 0.364. The Balaban J connectivity index is 2.35. The van der Waals surface area contributed by atoms with Crippen molar-refractivity contribution in [3.8, 4) is 0 Å². The van der Waals surface area contributed by atoms with Gasteiger partial charge in [0.15, 0.2) is 0 Å². The Hall–Kier alpha value is -1.31. The molecular formula is C11H14N2. The summed E-state index contributed by atoms with van der Waals surface area (Å²) >= 11 is 0. The first-order valence-corrected chi connectivity index (χ1v) is 4.59. The molecule has 0 fully saturated rings. The molecule has 0 radical (unpaired) electrons. The van der Waals surface area contributed by atoms with E-state index in [-0.39, 0.29) is 5.92 Å². The molecule has 0 aromatic heterocycles. The van der Waals surface area contributed by atoms with Gasteiger partial charge in [-0.2, -0.15) is 0 Å². The molecule has 1 aliphatic rings. The number of nitrogens with two attached hydrogens (primary N) is 1. The summed E-state index contributed by atoms with van der Waals surface area (Å²) in [6, 6.07) is 6.35. The van der Waals surface area contributed by atoms with Crippen LogP contribution in [0.25, 0.3) is 0 Å². The molecule has 0 spiro atoms. The Morgan fingerprint density at radius 3 is 2.85 bits per heavy atom. The standard InChI is InChI=1S/C11H14N2/c1-7-3-2-4-8-5-9(11(12)13)6-10(7)8/h2-4,9H,5-6H2,1H3,(H3,12,13). The van der Waals surface area contributed by atoms with Crippen molar-refractivity contribution in [3.05, 3.63) is 34.9 Å². The van der Waals surface area contributed by atoms with Crippen molar-refractivity contribution in [2.75, 3.05) is 0 Å². The predicted molar refractivity (Wildman–Crippen MR) is 54.0 cm³/mol. The van der Waals surface area contributed by atoms with E-state index >= 15 is 0 Å². The van der Waals surface area contributed by atoms with Crippen LogP contribution in [-0.2, 0) is 12.8 Å². The fourth-order valence-electron chi connectivity index (χ4n) is 2.05. The first-order chi connectivity index (χ1) is 6.18. The van der Waals surface area contributed by atoms with E-state index in [4.69, 9.17) is 11.1 Å². The van der Waals surface area contributed by atoms with Crippen molar-refractivity contribution < 1.29 is 0 Å². The molecule has 1 atom stereocenters. The van der Waals surface area contributed by atoms with Crippen LogP contribution in [-0.4, -0.2) is 5.84 Å². The zero-order chi connectivity index (χ0) is 9.42. The van der Waals surface area contributed by atoms with Crippen molar-refractivity contribution >= 4 is 5.84 Å². The summed E-state index contributed by atoms with van der Waals surface area (Å²) in [4.78, 5) is 0. The van der Waals surface area contributed by atoms with Crippen LogP contribution in [0.2, 0.25) is 0 Å². The van der Waals surface area contributed by atoms with Crippen LogP contribution in [0, 0.1) is 18.3 Å². The van der Waals surface area contributed by atoms with E-state index in [2.05, 4.69) is 25.1 Å². The van der Waals surface area contributed by atoms with Gasteiger partial charge in [-0.15, -0.1) is 0 Å². The van der Waals surface area contributed by atoms with E-state index in [1.54, 1.807) is 0 Å². The molecule has 2 heteroatoms. The van der Waals surface area contributed by atoms with E-state index in [1.807, 2.05) is 0 Å². The van der Waals surface area contributed by atoms with Crippen LogP contribution in [0.5, 0.6) is 0 Å². The molecule has 1 unspecified atom stereocenters. The van der Waals surface area contributed by atoms with Crippen LogP contribution < -0.4 is 5.73 Å². The van der Waals surface area contributed by atoms with Crippen molar-refractivity contribution in [2.45, 2.75) is 19.8 Å². The van der Waals surface area contributed by atoms with Gasteiger partial charge in [0.25, 0.3) is 0 Å². The molecule has 0 heterocycles. The maximum Gasteiger partial charge on any atom is 0.0943 e. The van der Waals surface area contributed by atoms with Crippen molar-refractivity contribution in [2.24, 2.45) is 11.7 Å². The molecule has 0 bridgehead atoms. The minimum atomic E-state index is 0.246. The lowest BCUT2D eigenvalue weighted by Crippen LogP contribution is -2.22. The molecule has 0 aliphatic heterocycles. The highest BCUT2D eigenvalue weighted by Gasteiger charge is 2.24. The third-order valence-corrected chi connectivity index (χ3v) is 2.86. The van der Waals surface area contributed by atoms with Gasteiger partial charge in [0, 0.05) is 5.92 Å². The Morgan fingerprint density at radius 2 is 2.23 bits per heavy atom. The van der Waals surface area contributed by atoms with Gasteiger partial charge in [0.1, 0.15) is 0 Å². The molecule has 1 aliphatic carbocycles. The zero-order valence-electron chi connectivity index (χ0n) is 7.80. The van der Waals surface area contributed by atoms with Crippen LogP contribution in [0.1, 0.15) is 16.7 Å². The first kappa shape index (κ1) is 8.30. The highest BCUT2D eigenvalue weighted by molar-refractivity contribution is 5.81. The van der Waals surface area contributed by atoms with E-state index in [1.165, 1.54) is 16.7 Å². The molecule has 0 saturated heterocycles. The second-order valence-corrected chi connectivity index (χ2v) is 3.77. The minimum absolute atomic E-state index is 0.246. The van der Waals surface area contributed by atoms with Crippen LogP contribution in [0.3, 0.4) is 0 Å². The van der Waals surface area contributed by atoms with Gasteiger partial charge in [-0.25, -0.2) is 0 Å². The van der Waals surface area contributed by atoms with Crippen LogP contribution in [0.15, 0.2) is 18.2 Å². The number of fused-ring (bicyclic) bond motifs is 1. The topological polar surface area (TPSA) is 49.9 Å². The van der Waals surface area contributed by atoms with Gasteiger partial charge in [-0.3, -0.25) is 5.41 Å². The van der Waals surface area contributed by atoms with Gasteiger partial charge >= 0.3 is 0 Å². The monoisotopic (exact) mass is 174 g/mol. The van der Waals surface area contributed by atoms with Gasteiger partial charge < -0.3 is 5.73 Å². The summed E-state index contributed by atoms with van der Waals surface area (Å²) in [5.41, 5.74) is 9.63. The summed E-state index contributed by atoms with van der Waals surface area (Å²) in [6.07, 6.45) is 1.91. The Labute approximate surface area is 78.3 Å². The Bertz CT molecular complexity index is 355. The van der Waals surface area contributed by atoms with E-state index < -0.39 is 0 Å². The highest BCUT2D eigenvalue weighted by atomic mass is 14.7. The highest BCUT2D eigenvalue weighted by Crippen LogP contribution is 2.28. The molecule has 13 heavy (non-hydrogen) atoms. The lowest BCUT2D eigenvalue weighted by Gasteiger charge is -2.04. The number of benzene rings is 1. The molecule has 3 N–H and O–H groups in total. The number of nitrogens with one attached hydrogen (secondary N) is 1. The van der Waals surface area contributed by atoms with Gasteiger partial charge in [-0.05, 0) is 36.5 Å². The number of amidine groups is 1. The summed E-state index contributed by atoms with van der Waals surface area (Å²) in [5, 5.41) is 7.42. The second-order valence-electron chi connectivity index (χ2n) is 3.77. The van der Waals surface area contributed by atoms with Crippen LogP contribution in [0.4, 0.5) is 0 Å². The number of hydrogen-bond donors (Lipinski definition) is 2. The molecule has 1 aromatic carbocycles. The van der Waals surface area contributed by atoms with Crippen LogP contribution >= 0.6 is 0 Å². The summed E-state index contributed by atoms with van der Waals surface area (Å²) < 4.78 is 0. The SMILES string of the molecule is Cc1cccc2c1CC(C(=N)N)C2. The largest absolute Gasteiger partial charge is 0.387 e. The summed E-state index contributed by atoms with van der Waals surface area (Å²) in [7, 11) is 0. The minimum Gasteiger partial charge on any atom is -0.387 e. The van der Waals surface area contributed by atoms with Gasteiger partial charge in [-0.1, -0.05) is 18.2 Å². The molecule has 68 valence electrons. The third kappa shape index (κ3) is 1.32. The Kier molecular flexibility index (Phi) is 1.83. The average molecular weight is 174 g/mol. The normalized spacial score (nSPS) is 19.9. The molecule has 2 nitrogen and oxygen atoms in total. The van der Waals surface area contributed by atoms with Gasteiger partial charge in [0.05, 0.1) is 5.84 Å². The number of aryl methyl sites for hydroxylation is 1. The smallest absolute Gasteiger partial charge is 0.0943 e. The third-order valence-electron chi connectivity index (χ3n) is 2.86. The Morgan fingerprint density at radius 1 is 1.46 bits per heavy atom. The lowest BCUT2D eigenvalue weighted by molar-refractivity contribution is 0.735. The predicted octanol–water partition coefficient (Wildman–Crippen LogP) is 1.65. The first-order valence-electron chi connectivity index (χ1n) is 4.59. The lowest BCUT2D eigenvalue weighted by atomic mass is 10.0. The number of rotatable bonds is 1. The van der Waals surface area contributed by atoms with Crippen molar-refractivity contribution in [1.82, 2.24) is 0 Å². The van der Waals surface area contributed by atoms with E-state index in [0.29, 0.717) is 5.84 Å². The molecular weight excluding hydrogens is 160 g/mol. The van der Waals surface area contributed by atoms with Gasteiger partial charge in [0.2, 0.25) is 0 Å². The average Bonchev–Trinajstić information content (AvgIpc) is 2.49. The second kappa shape index (κ2) is 2.87. The van der Waals surface area contributed by atoms with E-state index in [9.17, 15) is 0 Å². The molecule has 2 rings (SSSR count).